The molecule has 3 heterocycles. The standard InChI is InChI=1S/C20H17ClN4O2.C12H12N2O3.CH4.H17P15/c1-25-19(20(27-2)18(24-25)12-6-4-3-5-7-12)16(26)11-17-22-14-9-8-13(21)10-15(14)23-17;1-14-10(12(15)16)11(17-2)9(13-14)8-6-4-3-5-7-8;;1-9-13(8)15(12(6)7)14(10(2)3)11(4)5/h3-10H,11H2,1-2H3,(H,22,23);3-7H,1-2H3,(H,15,16);1H4;9H,1-8H2. The van der Waals surface area contributed by atoms with Crippen molar-refractivity contribution in [1.29, 1.82) is 0 Å². The van der Waals surface area contributed by atoms with Gasteiger partial charge in [0.1, 0.15) is 22.9 Å². The fourth-order valence-corrected chi connectivity index (χ4v) is 162. The summed E-state index contributed by atoms with van der Waals surface area (Å²) in [5.41, 5.74) is 4.92. The molecule has 0 saturated carbocycles. The number of ketones is 1. The van der Waals surface area contributed by atoms with Crippen molar-refractivity contribution in [3.63, 3.8) is 0 Å². The van der Waals surface area contributed by atoms with Crippen LogP contribution in [0.3, 0.4) is 0 Å². The summed E-state index contributed by atoms with van der Waals surface area (Å²) in [6, 6.07) is 24.3. The summed E-state index contributed by atoms with van der Waals surface area (Å²) in [5.74, 6) is 0.133. The van der Waals surface area contributed by atoms with Gasteiger partial charge < -0.3 is 19.6 Å². The number of aromatic carboxylic acids is 1. The molecule has 0 radical (unpaired) electrons. The van der Waals surface area contributed by atoms with E-state index >= 15 is 0 Å². The van der Waals surface area contributed by atoms with Crippen LogP contribution in [0.1, 0.15) is 34.2 Å². The second kappa shape index (κ2) is 27.0. The topological polar surface area (TPSA) is 137 Å². The Labute approximate surface area is 384 Å². The molecule has 11 nitrogen and oxygen atoms in total. The molecule has 11 unspecified atom stereocenters. The number of hydrogen-bond donors (Lipinski definition) is 2. The van der Waals surface area contributed by atoms with E-state index < -0.39 is 5.97 Å². The molecule has 0 aliphatic heterocycles. The summed E-state index contributed by atoms with van der Waals surface area (Å²) in [7, 11) is 31.9. The first kappa shape index (κ1) is 55.4. The molecule has 0 fully saturated rings. The number of nitrogens with one attached hydrogen (secondary N) is 1. The molecule has 6 rings (SSSR count). The van der Waals surface area contributed by atoms with Gasteiger partial charge in [0.05, 0.1) is 31.7 Å². The van der Waals surface area contributed by atoms with Gasteiger partial charge in [-0.3, -0.25) is 14.2 Å². The minimum Gasteiger partial charge on any atom is -0.492 e. The summed E-state index contributed by atoms with van der Waals surface area (Å²) >= 11 is 6.01. The second-order valence-corrected chi connectivity index (χ2v) is 68.2. The number of ether oxygens (including phenoxy) is 2. The third-order valence-electron chi connectivity index (χ3n) is 7.90. The van der Waals surface area contributed by atoms with Gasteiger partial charge in [-0.15, -0.1) is 71.4 Å². The SMILES string of the molecule is C.COc1c(-c2ccccc2)nn(C)c1C(=O)Cc1nc2ccc(Cl)cc2[nH]1.COc1c(-c2ccccc2)nn(C)c1C(=O)O.PPP(P)P(P(P)P)P(P(P)P)P(P)P. The lowest BCUT2D eigenvalue weighted by molar-refractivity contribution is 0.0681. The molecule has 3 aromatic heterocycles. The zero-order valence-electron chi connectivity index (χ0n) is 32.2. The number of aromatic amines is 1. The monoisotopic (exact) mass is 1110 g/mol. The normalized spacial score (nSPS) is 12.3. The van der Waals surface area contributed by atoms with Crippen molar-refractivity contribution >= 4 is 156 Å². The van der Waals surface area contributed by atoms with Gasteiger partial charge in [-0.1, -0.05) is 87.6 Å². The smallest absolute Gasteiger partial charge is 0.358 e. The Balaban J connectivity index is 0.000000254. The first-order valence-electron chi connectivity index (χ1n) is 16.8. The zero-order chi connectivity index (χ0) is 43.6. The third-order valence-corrected chi connectivity index (χ3v) is 96.5. The summed E-state index contributed by atoms with van der Waals surface area (Å²) in [4.78, 5) is 31.7. The maximum Gasteiger partial charge on any atom is 0.358 e. The van der Waals surface area contributed by atoms with Crippen molar-refractivity contribution in [2.24, 2.45) is 14.1 Å². The first-order valence-corrected chi connectivity index (χ1v) is 43.7. The molecule has 0 bridgehead atoms. The Morgan fingerprint density at radius 3 is 1.67 bits per heavy atom. The number of carboxylic acid groups (broad SMARTS) is 1. The van der Waals surface area contributed by atoms with Crippen LogP contribution < -0.4 is 9.47 Å². The van der Waals surface area contributed by atoms with Crippen LogP contribution in [0.2, 0.25) is 5.02 Å². The van der Waals surface area contributed by atoms with Gasteiger partial charge in [-0.25, -0.2) is 9.78 Å². The third kappa shape index (κ3) is 14.8. The number of hydrogen-bond acceptors (Lipinski definition) is 7. The van der Waals surface area contributed by atoms with Crippen LogP contribution in [0.25, 0.3) is 33.5 Å². The molecule has 0 spiro atoms. The van der Waals surface area contributed by atoms with Crippen LogP contribution in [-0.2, 0) is 20.5 Å². The molecule has 0 amide bonds. The number of fused-ring (bicyclic) bond motifs is 1. The fraction of sp³-hybridized carbons (Fsp3) is 0.182. The highest BCUT2D eigenvalue weighted by Crippen LogP contribution is 3.22. The lowest BCUT2D eigenvalue weighted by Crippen LogP contribution is -2.11. The first-order chi connectivity index (χ1) is 28.0. The number of aromatic nitrogens is 6. The number of Topliss-reactive ketones (excluding diaryl/α,β-unsaturated/α-hetero) is 1. The van der Waals surface area contributed by atoms with E-state index in [2.05, 4.69) is 91.6 Å². The molecule has 324 valence electrons. The second-order valence-electron chi connectivity index (χ2n) is 11.8. The van der Waals surface area contributed by atoms with Crippen LogP contribution >= 0.6 is 133 Å². The molecular weight excluding hydrogens is 1060 g/mol. The Hall–Kier alpha value is 1.03. The van der Waals surface area contributed by atoms with Crippen molar-refractivity contribution in [2.45, 2.75) is 13.8 Å². The van der Waals surface area contributed by atoms with Crippen molar-refractivity contribution in [1.82, 2.24) is 29.5 Å². The number of rotatable bonds is 14. The minimum absolute atomic E-state index is 0. The molecule has 0 saturated heterocycles. The number of benzene rings is 3. The van der Waals surface area contributed by atoms with Crippen LogP contribution in [-0.4, -0.2) is 60.6 Å². The molecular formula is C33H50ClN6O5P15. The number of aryl methyl sites for hydroxylation is 2. The van der Waals surface area contributed by atoms with Gasteiger partial charge in [0.25, 0.3) is 0 Å². The molecule has 3 aromatic carbocycles. The van der Waals surface area contributed by atoms with Gasteiger partial charge in [0.2, 0.25) is 0 Å². The van der Waals surface area contributed by atoms with E-state index in [4.69, 9.17) is 26.2 Å². The molecule has 0 aliphatic rings. The van der Waals surface area contributed by atoms with E-state index in [9.17, 15) is 9.59 Å². The van der Waals surface area contributed by atoms with E-state index in [-0.39, 0.29) is 73.0 Å². The highest BCUT2D eigenvalue weighted by Gasteiger charge is 2.34. The lowest BCUT2D eigenvalue weighted by Gasteiger charge is -2.38. The number of carbonyl (C=O) groups is 2. The maximum atomic E-state index is 13.0. The Kier molecular flexibility index (Phi) is 24.9. The van der Waals surface area contributed by atoms with Crippen molar-refractivity contribution in [3.05, 3.63) is 101 Å². The van der Waals surface area contributed by atoms with Crippen LogP contribution in [0.15, 0.2) is 78.9 Å². The van der Waals surface area contributed by atoms with Crippen LogP contribution in [0, 0.1) is 0 Å². The molecule has 60 heavy (non-hydrogen) atoms. The summed E-state index contributed by atoms with van der Waals surface area (Å²) in [6.07, 6.45) is 0.108. The van der Waals surface area contributed by atoms with Gasteiger partial charge in [-0.2, -0.15) is 10.2 Å². The summed E-state index contributed by atoms with van der Waals surface area (Å²) < 4.78 is 13.5. The molecule has 11 atom stereocenters. The van der Waals surface area contributed by atoms with Gasteiger partial charge in [0.15, 0.2) is 23.0 Å². The number of carboxylic acids is 1. The average Bonchev–Trinajstić information content (AvgIpc) is 3.88. The minimum atomic E-state index is -1.06. The molecule has 0 aliphatic carbocycles. The fourth-order valence-electron chi connectivity index (χ4n) is 5.51. The zero-order valence-corrected chi connectivity index (χ0v) is 48.6. The maximum absolute atomic E-state index is 13.0. The van der Waals surface area contributed by atoms with Crippen LogP contribution in [0.4, 0.5) is 0 Å². The molecule has 2 N–H and O–H groups in total. The largest absolute Gasteiger partial charge is 0.492 e. The van der Waals surface area contributed by atoms with E-state index in [0.29, 0.717) is 33.7 Å². The van der Waals surface area contributed by atoms with Crippen LogP contribution in [0.5, 0.6) is 11.5 Å². The Bertz CT molecular complexity index is 2310. The average molecular weight is 1110 g/mol. The number of halogens is 1. The quantitative estimate of drug-likeness (QED) is 0.0813. The van der Waals surface area contributed by atoms with E-state index in [1.165, 1.54) is 11.8 Å². The summed E-state index contributed by atoms with van der Waals surface area (Å²) in [5, 5.41) is 18.4. The van der Waals surface area contributed by atoms with Gasteiger partial charge in [0, 0.05) is 30.2 Å². The van der Waals surface area contributed by atoms with Gasteiger partial charge >= 0.3 is 5.97 Å². The Morgan fingerprint density at radius 2 is 1.23 bits per heavy atom. The van der Waals surface area contributed by atoms with E-state index in [1.807, 2.05) is 66.7 Å². The number of methoxy groups -OCH3 is 2. The van der Waals surface area contributed by atoms with E-state index in [1.54, 1.807) is 38.0 Å². The highest BCUT2D eigenvalue weighted by molar-refractivity contribution is 9.28. The van der Waals surface area contributed by atoms with E-state index in [0.717, 1.165) is 30.1 Å². The van der Waals surface area contributed by atoms with Crippen molar-refractivity contribution < 1.29 is 24.2 Å². The number of nitrogens with zero attached hydrogens (tertiary/aromatic N) is 5. The van der Waals surface area contributed by atoms with Crippen molar-refractivity contribution in [2.75, 3.05) is 14.2 Å². The highest BCUT2D eigenvalue weighted by atomic mass is 35.5. The number of H-pyrrole nitrogens is 1. The van der Waals surface area contributed by atoms with Crippen molar-refractivity contribution in [3.8, 4) is 34.0 Å². The molecule has 6 aromatic rings. The molecule has 27 heteroatoms. The lowest BCUT2D eigenvalue weighted by atomic mass is 10.1. The number of imidazole rings is 1. The predicted molar refractivity (Wildman–Crippen MR) is 301 cm³/mol. The number of carbonyl (C=O) groups excluding carboxylic acids is 1. The summed E-state index contributed by atoms with van der Waals surface area (Å²) in [6.45, 7) is 0.887. The predicted octanol–water partition coefficient (Wildman–Crippen LogP) is 14.8. The van der Waals surface area contributed by atoms with Gasteiger partial charge in [-0.05, 0) is 60.1 Å². The Morgan fingerprint density at radius 1 is 0.767 bits per heavy atom.